The zero-order valence-corrected chi connectivity index (χ0v) is 12.8. The van der Waals surface area contributed by atoms with Crippen molar-refractivity contribution < 1.29 is 4.84 Å². The van der Waals surface area contributed by atoms with Crippen molar-refractivity contribution in [2.24, 2.45) is 0 Å². The molecule has 0 saturated carbocycles. The Morgan fingerprint density at radius 1 is 1.29 bits per heavy atom. The molecule has 1 aromatic rings. The van der Waals surface area contributed by atoms with Crippen LogP contribution in [0.5, 0.6) is 0 Å². The van der Waals surface area contributed by atoms with Crippen LogP contribution in [0, 0.1) is 0 Å². The first-order valence-corrected chi connectivity index (χ1v) is 7.62. The molecule has 0 N–H and O–H groups in total. The highest BCUT2D eigenvalue weighted by Gasteiger charge is 2.39. The fourth-order valence-corrected chi connectivity index (χ4v) is 2.81. The Kier molecular flexibility index (Phi) is 4.10. The first kappa shape index (κ1) is 13.3. The molecule has 1 aromatic carbocycles. The monoisotopic (exact) mass is 345 g/mol. The van der Waals surface area contributed by atoms with E-state index in [9.17, 15) is 0 Å². The Morgan fingerprint density at radius 3 is 2.47 bits per heavy atom. The van der Waals surface area contributed by atoms with Crippen molar-refractivity contribution >= 4 is 22.6 Å². The van der Waals surface area contributed by atoms with Gasteiger partial charge < -0.3 is 0 Å². The van der Waals surface area contributed by atoms with E-state index in [0.717, 1.165) is 10.8 Å². The average molecular weight is 345 g/mol. The third kappa shape index (κ3) is 3.01. The van der Waals surface area contributed by atoms with E-state index in [4.69, 9.17) is 4.84 Å². The van der Waals surface area contributed by atoms with Gasteiger partial charge in [-0.25, -0.2) is 0 Å². The average Bonchev–Trinajstić information content (AvgIpc) is 2.74. The second-order valence-electron chi connectivity index (χ2n) is 5.54. The van der Waals surface area contributed by atoms with E-state index < -0.39 is 0 Å². The first-order chi connectivity index (χ1) is 8.02. The minimum atomic E-state index is 0.0427. The minimum Gasteiger partial charge on any atom is -0.294 e. The van der Waals surface area contributed by atoms with Crippen LogP contribution in [0.15, 0.2) is 30.3 Å². The number of nitrogens with zero attached hydrogens (tertiary/aromatic N) is 1. The van der Waals surface area contributed by atoms with Crippen molar-refractivity contribution in [3.63, 3.8) is 0 Å². The molecule has 0 aromatic heterocycles. The molecule has 94 valence electrons. The van der Waals surface area contributed by atoms with Crippen molar-refractivity contribution in [3.05, 3.63) is 35.9 Å². The molecule has 0 unspecified atom stereocenters. The van der Waals surface area contributed by atoms with Crippen molar-refractivity contribution in [1.29, 1.82) is 0 Å². The third-order valence-electron chi connectivity index (χ3n) is 3.05. The molecule has 2 nitrogen and oxygen atoms in total. The fraction of sp³-hybridized carbons (Fsp3) is 0.571. The number of hydroxylamine groups is 2. The van der Waals surface area contributed by atoms with Gasteiger partial charge in [-0.05, 0) is 32.8 Å². The number of rotatable bonds is 2. The molecular weight excluding hydrogens is 325 g/mol. The lowest BCUT2D eigenvalue weighted by Crippen LogP contribution is -2.40. The molecule has 17 heavy (non-hydrogen) atoms. The van der Waals surface area contributed by atoms with Crippen molar-refractivity contribution in [2.75, 3.05) is 4.43 Å². The molecule has 3 heteroatoms. The molecule has 0 spiro atoms. The van der Waals surface area contributed by atoms with Gasteiger partial charge in [0, 0.05) is 9.97 Å². The number of hydrogen-bond acceptors (Lipinski definition) is 2. The summed E-state index contributed by atoms with van der Waals surface area (Å²) in [6.45, 7) is 6.62. The van der Waals surface area contributed by atoms with Gasteiger partial charge >= 0.3 is 0 Å². The summed E-state index contributed by atoms with van der Waals surface area (Å²) in [5.74, 6) is 0. The molecule has 1 aliphatic heterocycles. The summed E-state index contributed by atoms with van der Waals surface area (Å²) < 4.78 is 1.05. The van der Waals surface area contributed by atoms with E-state index >= 15 is 0 Å². The van der Waals surface area contributed by atoms with Crippen LogP contribution in [0.2, 0.25) is 0 Å². The molecule has 1 fully saturated rings. The summed E-state index contributed by atoms with van der Waals surface area (Å²) in [5, 5.41) is 2.17. The van der Waals surface area contributed by atoms with Gasteiger partial charge in [0.15, 0.2) is 0 Å². The SMILES string of the molecule is CC(C)(C)N1O[C@@H](CI)C[C@@H]1c1ccccc1. The van der Waals surface area contributed by atoms with Gasteiger partial charge in [-0.1, -0.05) is 52.9 Å². The number of benzene rings is 1. The Labute approximate surface area is 117 Å². The summed E-state index contributed by atoms with van der Waals surface area (Å²) in [4.78, 5) is 6.07. The van der Waals surface area contributed by atoms with Gasteiger partial charge in [-0.2, -0.15) is 5.06 Å². The van der Waals surface area contributed by atoms with E-state index in [-0.39, 0.29) is 5.54 Å². The van der Waals surface area contributed by atoms with E-state index in [1.807, 2.05) is 0 Å². The topological polar surface area (TPSA) is 12.5 Å². The second kappa shape index (κ2) is 5.24. The summed E-state index contributed by atoms with van der Waals surface area (Å²) in [5.41, 5.74) is 1.40. The van der Waals surface area contributed by atoms with E-state index in [1.165, 1.54) is 5.56 Å². The molecule has 1 heterocycles. The smallest absolute Gasteiger partial charge is 0.0902 e. The molecule has 2 atom stereocenters. The van der Waals surface area contributed by atoms with Crippen LogP contribution in [-0.4, -0.2) is 21.1 Å². The Balaban J connectivity index is 2.25. The highest BCUT2D eigenvalue weighted by molar-refractivity contribution is 14.1. The van der Waals surface area contributed by atoms with Crippen LogP contribution in [0.25, 0.3) is 0 Å². The minimum absolute atomic E-state index is 0.0427. The molecule has 1 saturated heterocycles. The van der Waals surface area contributed by atoms with Gasteiger partial charge in [0.25, 0.3) is 0 Å². The maximum Gasteiger partial charge on any atom is 0.0902 e. The fourth-order valence-electron chi connectivity index (χ4n) is 2.29. The summed E-state index contributed by atoms with van der Waals surface area (Å²) in [6.07, 6.45) is 1.43. The van der Waals surface area contributed by atoms with Crippen molar-refractivity contribution in [1.82, 2.24) is 5.06 Å². The van der Waals surface area contributed by atoms with Crippen LogP contribution in [-0.2, 0) is 4.84 Å². The zero-order valence-electron chi connectivity index (χ0n) is 10.7. The quantitative estimate of drug-likeness (QED) is 0.594. The Bertz CT molecular complexity index is 360. The predicted octanol–water partition coefficient (Wildman–Crippen LogP) is 3.97. The van der Waals surface area contributed by atoms with E-state index in [2.05, 4.69) is 78.8 Å². The number of halogens is 1. The molecule has 0 aliphatic carbocycles. The van der Waals surface area contributed by atoms with Gasteiger partial charge in [0.1, 0.15) is 0 Å². The third-order valence-corrected chi connectivity index (χ3v) is 4.03. The molecule has 0 radical (unpaired) electrons. The Morgan fingerprint density at radius 2 is 1.94 bits per heavy atom. The van der Waals surface area contributed by atoms with Crippen molar-refractivity contribution in [3.8, 4) is 0 Å². The van der Waals surface area contributed by atoms with Gasteiger partial charge in [0.2, 0.25) is 0 Å². The van der Waals surface area contributed by atoms with Crippen LogP contribution >= 0.6 is 22.6 Å². The van der Waals surface area contributed by atoms with E-state index in [1.54, 1.807) is 0 Å². The highest BCUT2D eigenvalue weighted by atomic mass is 127. The summed E-state index contributed by atoms with van der Waals surface area (Å²) >= 11 is 2.41. The van der Waals surface area contributed by atoms with Crippen LogP contribution in [0.4, 0.5) is 0 Å². The van der Waals surface area contributed by atoms with Crippen LogP contribution < -0.4 is 0 Å². The highest BCUT2D eigenvalue weighted by Crippen LogP contribution is 2.39. The molecule has 0 amide bonds. The van der Waals surface area contributed by atoms with Gasteiger partial charge in [0.05, 0.1) is 12.1 Å². The lowest BCUT2D eigenvalue weighted by molar-refractivity contribution is -0.208. The van der Waals surface area contributed by atoms with Crippen LogP contribution in [0.3, 0.4) is 0 Å². The number of hydrogen-bond donors (Lipinski definition) is 0. The second-order valence-corrected chi connectivity index (χ2v) is 6.42. The lowest BCUT2D eigenvalue weighted by atomic mass is 9.98. The largest absolute Gasteiger partial charge is 0.294 e. The maximum atomic E-state index is 6.07. The van der Waals surface area contributed by atoms with Crippen LogP contribution in [0.1, 0.15) is 38.8 Å². The summed E-state index contributed by atoms with van der Waals surface area (Å²) in [7, 11) is 0. The molecule has 2 rings (SSSR count). The lowest BCUT2D eigenvalue weighted by Gasteiger charge is -2.35. The Hall–Kier alpha value is -0.130. The van der Waals surface area contributed by atoms with Crippen molar-refractivity contribution in [2.45, 2.75) is 44.9 Å². The van der Waals surface area contributed by atoms with Gasteiger partial charge in [-0.15, -0.1) is 0 Å². The standard InChI is InChI=1S/C14H20INO/c1-14(2,3)16-13(9-12(10-15)17-16)11-7-5-4-6-8-11/h4-8,12-13H,9-10H2,1-3H3/t12-,13-/m1/s1. The first-order valence-electron chi connectivity index (χ1n) is 6.09. The molecule has 0 bridgehead atoms. The van der Waals surface area contributed by atoms with E-state index in [0.29, 0.717) is 12.1 Å². The number of alkyl halides is 1. The normalized spacial score (nSPS) is 26.4. The molecule has 1 aliphatic rings. The molecular formula is C14H20INO. The van der Waals surface area contributed by atoms with Gasteiger partial charge in [-0.3, -0.25) is 4.84 Å². The zero-order chi connectivity index (χ0) is 12.5. The predicted molar refractivity (Wildman–Crippen MR) is 79.2 cm³/mol. The maximum absolute atomic E-state index is 6.07. The summed E-state index contributed by atoms with van der Waals surface area (Å²) in [6, 6.07) is 11.1.